The number of benzene rings is 1. The molecule has 0 radical (unpaired) electrons. The number of unbranched alkanes of at least 4 members (excludes halogenated alkanes) is 1. The standard InChI is InChI=1S/C21H32/c1-6-7-13-18(2)14-11-12-17-20(21(3,4)5)19-15-9-8-10-16-19/h6-10,13,15-16,18,20H,1,11-12,14,17H2,2-5H3. The minimum absolute atomic E-state index is 0.329. The van der Waals surface area contributed by atoms with Crippen molar-refractivity contribution >= 4 is 0 Å². The van der Waals surface area contributed by atoms with Crippen molar-refractivity contribution in [2.45, 2.75) is 59.3 Å². The van der Waals surface area contributed by atoms with E-state index >= 15 is 0 Å². The molecule has 0 heterocycles. The minimum atomic E-state index is 0.329. The minimum Gasteiger partial charge on any atom is -0.0991 e. The molecule has 0 aliphatic carbocycles. The van der Waals surface area contributed by atoms with Crippen molar-refractivity contribution < 1.29 is 0 Å². The average molecular weight is 284 g/mol. The summed E-state index contributed by atoms with van der Waals surface area (Å²) in [6.45, 7) is 13.1. The lowest BCUT2D eigenvalue weighted by Crippen LogP contribution is -2.18. The molecule has 0 N–H and O–H groups in total. The van der Waals surface area contributed by atoms with Crippen molar-refractivity contribution in [1.82, 2.24) is 0 Å². The molecule has 0 saturated carbocycles. The van der Waals surface area contributed by atoms with Crippen molar-refractivity contribution in [2.24, 2.45) is 11.3 Å². The van der Waals surface area contributed by atoms with Crippen molar-refractivity contribution in [3.63, 3.8) is 0 Å². The molecule has 0 nitrogen and oxygen atoms in total. The van der Waals surface area contributed by atoms with Crippen LogP contribution in [0.3, 0.4) is 0 Å². The molecule has 0 aromatic heterocycles. The van der Waals surface area contributed by atoms with Crippen molar-refractivity contribution in [3.8, 4) is 0 Å². The Morgan fingerprint density at radius 1 is 1.05 bits per heavy atom. The monoisotopic (exact) mass is 284 g/mol. The van der Waals surface area contributed by atoms with Crippen LogP contribution in [0, 0.1) is 11.3 Å². The Morgan fingerprint density at radius 2 is 1.67 bits per heavy atom. The molecule has 1 aromatic carbocycles. The van der Waals surface area contributed by atoms with Gasteiger partial charge >= 0.3 is 0 Å². The van der Waals surface area contributed by atoms with Gasteiger partial charge in [-0.25, -0.2) is 0 Å². The molecule has 1 rings (SSSR count). The van der Waals surface area contributed by atoms with Gasteiger partial charge in [-0.2, -0.15) is 0 Å². The third-order valence-corrected chi connectivity index (χ3v) is 4.23. The highest BCUT2D eigenvalue weighted by Gasteiger charge is 2.25. The van der Waals surface area contributed by atoms with Crippen molar-refractivity contribution in [1.29, 1.82) is 0 Å². The van der Waals surface area contributed by atoms with Gasteiger partial charge in [0, 0.05) is 0 Å². The van der Waals surface area contributed by atoms with Gasteiger partial charge in [0.25, 0.3) is 0 Å². The largest absolute Gasteiger partial charge is 0.0991 e. The summed E-state index contributed by atoms with van der Waals surface area (Å²) >= 11 is 0. The van der Waals surface area contributed by atoms with Crippen LogP contribution in [-0.4, -0.2) is 0 Å². The maximum atomic E-state index is 3.73. The maximum absolute atomic E-state index is 3.73. The van der Waals surface area contributed by atoms with Crippen LogP contribution in [0.25, 0.3) is 0 Å². The quantitative estimate of drug-likeness (QED) is 0.365. The van der Waals surface area contributed by atoms with Crippen LogP contribution in [0.5, 0.6) is 0 Å². The van der Waals surface area contributed by atoms with Crippen LogP contribution in [-0.2, 0) is 0 Å². The van der Waals surface area contributed by atoms with E-state index in [9.17, 15) is 0 Å². The smallest absolute Gasteiger partial charge is 0.0113 e. The van der Waals surface area contributed by atoms with Crippen LogP contribution < -0.4 is 0 Å². The average Bonchev–Trinajstić information content (AvgIpc) is 2.44. The first-order chi connectivity index (χ1) is 9.95. The molecule has 0 bridgehead atoms. The normalized spacial score (nSPS) is 15.0. The van der Waals surface area contributed by atoms with E-state index in [4.69, 9.17) is 0 Å². The number of hydrogen-bond donors (Lipinski definition) is 0. The van der Waals surface area contributed by atoms with E-state index in [1.807, 2.05) is 6.08 Å². The molecular formula is C21H32. The highest BCUT2D eigenvalue weighted by atomic mass is 14.3. The predicted octanol–water partition coefficient (Wildman–Crippen LogP) is 6.76. The lowest BCUT2D eigenvalue weighted by atomic mass is 9.74. The highest BCUT2D eigenvalue weighted by Crippen LogP contribution is 2.38. The molecule has 2 unspecified atom stereocenters. The Morgan fingerprint density at radius 3 is 2.24 bits per heavy atom. The van der Waals surface area contributed by atoms with Gasteiger partial charge in [0.1, 0.15) is 0 Å². The number of hydrogen-bond acceptors (Lipinski definition) is 0. The van der Waals surface area contributed by atoms with Gasteiger partial charge in [0.2, 0.25) is 0 Å². The summed E-state index contributed by atoms with van der Waals surface area (Å²) in [5, 5.41) is 0. The molecule has 0 fully saturated rings. The molecule has 0 aliphatic heterocycles. The summed E-state index contributed by atoms with van der Waals surface area (Å²) < 4.78 is 0. The van der Waals surface area contributed by atoms with Gasteiger partial charge in [-0.3, -0.25) is 0 Å². The van der Waals surface area contributed by atoms with E-state index in [2.05, 4.69) is 76.8 Å². The van der Waals surface area contributed by atoms with Crippen molar-refractivity contribution in [3.05, 3.63) is 60.7 Å². The first-order valence-electron chi connectivity index (χ1n) is 8.29. The van der Waals surface area contributed by atoms with Crippen LogP contribution in [0.1, 0.15) is 64.9 Å². The fourth-order valence-electron chi connectivity index (χ4n) is 2.96. The lowest BCUT2D eigenvalue weighted by molar-refractivity contribution is 0.296. The summed E-state index contributed by atoms with van der Waals surface area (Å²) in [5.74, 6) is 1.31. The molecule has 0 amide bonds. The molecule has 21 heavy (non-hydrogen) atoms. The molecule has 1 aromatic rings. The second-order valence-electron chi connectivity index (χ2n) is 7.21. The van der Waals surface area contributed by atoms with Crippen LogP contribution >= 0.6 is 0 Å². The third-order valence-electron chi connectivity index (χ3n) is 4.23. The first-order valence-corrected chi connectivity index (χ1v) is 8.29. The lowest BCUT2D eigenvalue weighted by Gasteiger charge is -2.31. The number of rotatable bonds is 8. The molecule has 0 heteroatoms. The van der Waals surface area contributed by atoms with Crippen LogP contribution in [0.4, 0.5) is 0 Å². The highest BCUT2D eigenvalue weighted by molar-refractivity contribution is 5.21. The van der Waals surface area contributed by atoms with E-state index in [0.29, 0.717) is 17.3 Å². The zero-order valence-electron chi connectivity index (χ0n) is 14.3. The molecule has 0 aliphatic rings. The fourth-order valence-corrected chi connectivity index (χ4v) is 2.96. The molecule has 0 spiro atoms. The summed E-state index contributed by atoms with van der Waals surface area (Å²) in [5.41, 5.74) is 1.82. The zero-order valence-corrected chi connectivity index (χ0v) is 14.3. The molecular weight excluding hydrogens is 252 g/mol. The van der Waals surface area contributed by atoms with Gasteiger partial charge in [0.05, 0.1) is 0 Å². The van der Waals surface area contributed by atoms with Crippen LogP contribution in [0.15, 0.2) is 55.1 Å². The molecule has 0 saturated heterocycles. The second-order valence-corrected chi connectivity index (χ2v) is 7.21. The second kappa shape index (κ2) is 8.87. The van der Waals surface area contributed by atoms with Gasteiger partial charge in [0.15, 0.2) is 0 Å². The Balaban J connectivity index is 2.49. The topological polar surface area (TPSA) is 0 Å². The van der Waals surface area contributed by atoms with E-state index in [-0.39, 0.29) is 0 Å². The number of allylic oxidation sites excluding steroid dienone is 3. The van der Waals surface area contributed by atoms with E-state index in [1.165, 1.54) is 31.2 Å². The van der Waals surface area contributed by atoms with Crippen LogP contribution in [0.2, 0.25) is 0 Å². The summed E-state index contributed by atoms with van der Waals surface area (Å²) in [4.78, 5) is 0. The van der Waals surface area contributed by atoms with E-state index in [0.717, 1.165) is 0 Å². The molecule has 2 atom stereocenters. The zero-order chi connectivity index (χ0) is 15.7. The summed E-state index contributed by atoms with van der Waals surface area (Å²) in [7, 11) is 0. The Hall–Kier alpha value is -1.30. The van der Waals surface area contributed by atoms with Gasteiger partial charge in [-0.15, -0.1) is 0 Å². The van der Waals surface area contributed by atoms with E-state index < -0.39 is 0 Å². The van der Waals surface area contributed by atoms with Gasteiger partial charge < -0.3 is 0 Å². The summed E-state index contributed by atoms with van der Waals surface area (Å²) in [6, 6.07) is 11.0. The fraction of sp³-hybridized carbons (Fsp3) is 0.524. The van der Waals surface area contributed by atoms with Crippen molar-refractivity contribution in [2.75, 3.05) is 0 Å². The van der Waals surface area contributed by atoms with Gasteiger partial charge in [-0.05, 0) is 35.7 Å². The Labute approximate surface area is 132 Å². The first kappa shape index (κ1) is 17.8. The third kappa shape index (κ3) is 6.80. The molecule has 116 valence electrons. The maximum Gasteiger partial charge on any atom is -0.0113 e. The van der Waals surface area contributed by atoms with E-state index in [1.54, 1.807) is 0 Å². The SMILES string of the molecule is C=CC=CC(C)CCCCC(c1ccccc1)C(C)(C)C. The predicted molar refractivity (Wildman–Crippen MR) is 95.6 cm³/mol. The summed E-state index contributed by atoms with van der Waals surface area (Å²) in [6.07, 6.45) is 11.4. The van der Waals surface area contributed by atoms with Gasteiger partial charge in [-0.1, -0.05) is 95.7 Å². The Kier molecular flexibility index (Phi) is 7.50. The Bertz CT molecular complexity index is 419.